The molecule has 0 aliphatic carbocycles. The second-order valence-electron chi connectivity index (χ2n) is 5.26. The van der Waals surface area contributed by atoms with Crippen LogP contribution in [0.5, 0.6) is 0 Å². The van der Waals surface area contributed by atoms with Crippen LogP contribution in [0.25, 0.3) is 0 Å². The van der Waals surface area contributed by atoms with Crippen LogP contribution in [0.15, 0.2) is 30.3 Å². The average molecular weight is 280 g/mol. The number of ketones is 1. The van der Waals surface area contributed by atoms with E-state index in [9.17, 15) is 9.90 Å². The first kappa shape index (κ1) is 15.1. The molecule has 5 heteroatoms. The summed E-state index contributed by atoms with van der Waals surface area (Å²) < 4.78 is 16.1. The number of benzene rings is 1. The lowest BCUT2D eigenvalue weighted by Gasteiger charge is -2.36. The zero-order chi connectivity index (χ0) is 14.6. The second kappa shape index (κ2) is 6.45. The molecular formula is C15H20O5. The predicted molar refractivity (Wildman–Crippen MR) is 72.0 cm³/mol. The quantitative estimate of drug-likeness (QED) is 0.880. The van der Waals surface area contributed by atoms with Gasteiger partial charge in [0.25, 0.3) is 0 Å². The molecule has 0 spiro atoms. The van der Waals surface area contributed by atoms with Gasteiger partial charge in [0.15, 0.2) is 11.6 Å². The van der Waals surface area contributed by atoms with Crippen LogP contribution >= 0.6 is 0 Å². The molecule has 20 heavy (non-hydrogen) atoms. The Labute approximate surface area is 118 Å². The number of ether oxygens (including phenoxy) is 3. The minimum Gasteiger partial charge on any atom is -0.388 e. The zero-order valence-corrected chi connectivity index (χ0v) is 11.7. The van der Waals surface area contributed by atoms with Crippen molar-refractivity contribution in [2.45, 2.75) is 38.4 Å². The van der Waals surface area contributed by atoms with E-state index in [-0.39, 0.29) is 19.0 Å². The van der Waals surface area contributed by atoms with Gasteiger partial charge < -0.3 is 19.3 Å². The average Bonchev–Trinajstić information content (AvgIpc) is 2.42. The Bertz CT molecular complexity index is 443. The highest BCUT2D eigenvalue weighted by Gasteiger charge is 2.39. The summed E-state index contributed by atoms with van der Waals surface area (Å²) in [7, 11) is 0. The number of aliphatic hydroxyl groups is 1. The smallest absolute Gasteiger partial charge is 0.190 e. The molecule has 2 rings (SSSR count). The lowest BCUT2D eigenvalue weighted by molar-refractivity contribution is -0.273. The molecule has 0 bridgehead atoms. The standard InChI is InChI=1S/C15H20O5/c1-15(2)19-10-13(17)14(20-15)12(16)9-18-8-11-6-4-3-5-7-11/h3-7,12,14,16H,8-10H2,1-2H3/t12-,14-/m0/s1. The van der Waals surface area contributed by atoms with Gasteiger partial charge in [-0.2, -0.15) is 0 Å². The number of Topliss-reactive ketones (excluding diaryl/α,β-unsaturated/α-hetero) is 1. The molecule has 1 heterocycles. The van der Waals surface area contributed by atoms with Gasteiger partial charge in [-0.3, -0.25) is 4.79 Å². The third kappa shape index (κ3) is 4.11. The Hall–Kier alpha value is -1.27. The SMILES string of the molecule is CC1(C)OCC(=O)[C@H]([C@@H](O)COCc2ccccc2)O1. The molecule has 1 aliphatic heterocycles. The van der Waals surface area contributed by atoms with E-state index in [0.29, 0.717) is 6.61 Å². The summed E-state index contributed by atoms with van der Waals surface area (Å²) in [4.78, 5) is 11.7. The Morgan fingerprint density at radius 3 is 2.80 bits per heavy atom. The molecule has 0 amide bonds. The van der Waals surface area contributed by atoms with E-state index in [1.54, 1.807) is 13.8 Å². The van der Waals surface area contributed by atoms with Crippen LogP contribution < -0.4 is 0 Å². The number of carbonyl (C=O) groups is 1. The van der Waals surface area contributed by atoms with Gasteiger partial charge in [0.05, 0.1) is 13.2 Å². The van der Waals surface area contributed by atoms with Crippen molar-refractivity contribution in [3.63, 3.8) is 0 Å². The van der Waals surface area contributed by atoms with E-state index in [0.717, 1.165) is 5.56 Å². The predicted octanol–water partition coefficient (Wildman–Crippen LogP) is 1.28. The second-order valence-corrected chi connectivity index (χ2v) is 5.26. The van der Waals surface area contributed by atoms with Crippen LogP contribution in [0.3, 0.4) is 0 Å². The lowest BCUT2D eigenvalue weighted by Crippen LogP contribution is -2.52. The summed E-state index contributed by atoms with van der Waals surface area (Å²) in [6.07, 6.45) is -1.89. The first-order valence-corrected chi connectivity index (χ1v) is 6.62. The molecule has 0 radical (unpaired) electrons. The number of carbonyl (C=O) groups excluding carboxylic acids is 1. The van der Waals surface area contributed by atoms with Crippen molar-refractivity contribution >= 4 is 5.78 Å². The topological polar surface area (TPSA) is 65.0 Å². The van der Waals surface area contributed by atoms with Crippen LogP contribution in [-0.2, 0) is 25.6 Å². The van der Waals surface area contributed by atoms with Crippen LogP contribution in [0, 0.1) is 0 Å². The third-order valence-electron chi connectivity index (χ3n) is 3.04. The first-order chi connectivity index (χ1) is 9.48. The molecule has 5 nitrogen and oxygen atoms in total. The number of aliphatic hydroxyl groups excluding tert-OH is 1. The Balaban J connectivity index is 1.82. The molecule has 1 aromatic rings. The molecule has 110 valence electrons. The number of rotatable bonds is 5. The van der Waals surface area contributed by atoms with E-state index >= 15 is 0 Å². The van der Waals surface area contributed by atoms with Crippen molar-refractivity contribution in [3.8, 4) is 0 Å². The minimum absolute atomic E-state index is 0.0430. The van der Waals surface area contributed by atoms with Crippen LogP contribution in [0.4, 0.5) is 0 Å². The molecule has 1 saturated heterocycles. The van der Waals surface area contributed by atoms with Crippen molar-refractivity contribution < 1.29 is 24.1 Å². The Kier molecular flexibility index (Phi) is 4.88. The maximum absolute atomic E-state index is 11.7. The fourth-order valence-corrected chi connectivity index (χ4v) is 1.98. The highest BCUT2D eigenvalue weighted by Crippen LogP contribution is 2.22. The maximum atomic E-state index is 11.7. The third-order valence-corrected chi connectivity index (χ3v) is 3.04. The molecule has 2 atom stereocenters. The molecule has 0 aromatic heterocycles. The summed E-state index contributed by atoms with van der Waals surface area (Å²) >= 11 is 0. The molecule has 1 aliphatic rings. The zero-order valence-electron chi connectivity index (χ0n) is 11.7. The van der Waals surface area contributed by atoms with Crippen molar-refractivity contribution in [2.75, 3.05) is 13.2 Å². The van der Waals surface area contributed by atoms with Gasteiger partial charge in [0, 0.05) is 0 Å². The van der Waals surface area contributed by atoms with Gasteiger partial charge >= 0.3 is 0 Å². The van der Waals surface area contributed by atoms with E-state index in [1.165, 1.54) is 0 Å². The van der Waals surface area contributed by atoms with Crippen molar-refractivity contribution in [3.05, 3.63) is 35.9 Å². The van der Waals surface area contributed by atoms with Crippen LogP contribution in [-0.4, -0.2) is 42.1 Å². The Morgan fingerprint density at radius 2 is 2.10 bits per heavy atom. The van der Waals surface area contributed by atoms with Crippen molar-refractivity contribution in [2.24, 2.45) is 0 Å². The van der Waals surface area contributed by atoms with Gasteiger partial charge in [-0.1, -0.05) is 30.3 Å². The fourth-order valence-electron chi connectivity index (χ4n) is 1.98. The van der Waals surface area contributed by atoms with Crippen molar-refractivity contribution in [1.29, 1.82) is 0 Å². The first-order valence-electron chi connectivity index (χ1n) is 6.62. The molecule has 1 fully saturated rings. The van der Waals surface area contributed by atoms with Gasteiger partial charge in [-0.25, -0.2) is 0 Å². The molecule has 1 N–H and O–H groups in total. The fraction of sp³-hybridized carbons (Fsp3) is 0.533. The normalized spacial score (nSPS) is 23.6. The largest absolute Gasteiger partial charge is 0.388 e. The summed E-state index contributed by atoms with van der Waals surface area (Å²) in [5.74, 6) is -1.13. The van der Waals surface area contributed by atoms with E-state index in [2.05, 4.69) is 0 Å². The van der Waals surface area contributed by atoms with Gasteiger partial charge in [-0.15, -0.1) is 0 Å². The highest BCUT2D eigenvalue weighted by molar-refractivity contribution is 5.85. The summed E-state index contributed by atoms with van der Waals surface area (Å²) in [6.45, 7) is 3.81. The van der Waals surface area contributed by atoms with Gasteiger partial charge in [-0.05, 0) is 19.4 Å². The highest BCUT2D eigenvalue weighted by atomic mass is 16.7. The van der Waals surface area contributed by atoms with Gasteiger partial charge in [0.1, 0.15) is 18.8 Å². The van der Waals surface area contributed by atoms with Crippen LogP contribution in [0.1, 0.15) is 19.4 Å². The summed E-state index contributed by atoms with van der Waals surface area (Å²) in [6, 6.07) is 9.64. The summed E-state index contributed by atoms with van der Waals surface area (Å²) in [5.41, 5.74) is 1.01. The van der Waals surface area contributed by atoms with E-state index < -0.39 is 18.0 Å². The molecule has 0 unspecified atom stereocenters. The van der Waals surface area contributed by atoms with Crippen molar-refractivity contribution in [1.82, 2.24) is 0 Å². The minimum atomic E-state index is -0.991. The van der Waals surface area contributed by atoms with E-state index in [1.807, 2.05) is 30.3 Å². The van der Waals surface area contributed by atoms with E-state index in [4.69, 9.17) is 14.2 Å². The molecule has 1 aromatic carbocycles. The monoisotopic (exact) mass is 280 g/mol. The van der Waals surface area contributed by atoms with Gasteiger partial charge in [0.2, 0.25) is 0 Å². The lowest BCUT2D eigenvalue weighted by atomic mass is 10.1. The number of hydrogen-bond donors (Lipinski definition) is 1. The Morgan fingerprint density at radius 1 is 1.40 bits per heavy atom. The number of hydrogen-bond acceptors (Lipinski definition) is 5. The maximum Gasteiger partial charge on any atom is 0.190 e. The summed E-state index contributed by atoms with van der Waals surface area (Å²) in [5, 5.41) is 10.0. The molecular weight excluding hydrogens is 260 g/mol. The van der Waals surface area contributed by atoms with Crippen LogP contribution in [0.2, 0.25) is 0 Å². The molecule has 0 saturated carbocycles.